The molecule has 0 amide bonds. The number of methoxy groups -OCH3 is 1. The zero-order chi connectivity index (χ0) is 18.5. The van der Waals surface area contributed by atoms with Crippen molar-refractivity contribution in [2.75, 3.05) is 51.3 Å². The number of carbonyl (C=O) groups excluding carboxylic acids is 1. The van der Waals surface area contributed by atoms with Crippen molar-refractivity contribution in [3.8, 4) is 5.75 Å². The maximum Gasteiger partial charge on any atom is 0.320 e. The van der Waals surface area contributed by atoms with Crippen LogP contribution in [0.3, 0.4) is 0 Å². The molecule has 26 heavy (non-hydrogen) atoms. The molecule has 0 unspecified atom stereocenters. The van der Waals surface area contributed by atoms with Gasteiger partial charge in [-0.1, -0.05) is 12.1 Å². The van der Waals surface area contributed by atoms with Gasteiger partial charge in [0.2, 0.25) is 0 Å². The van der Waals surface area contributed by atoms with Crippen LogP contribution in [0.15, 0.2) is 24.3 Å². The largest absolute Gasteiger partial charge is 0.494 e. The third kappa shape index (κ3) is 4.07. The van der Waals surface area contributed by atoms with Gasteiger partial charge in [-0.05, 0) is 32.4 Å². The molecule has 1 fully saturated rings. The smallest absolute Gasteiger partial charge is 0.320 e. The van der Waals surface area contributed by atoms with Crippen LogP contribution < -0.4 is 9.64 Å². The predicted octanol–water partition coefficient (Wildman–Crippen LogP) is 2.63. The number of hydrogen-bond acceptors (Lipinski definition) is 6. The number of esters is 1. The fraction of sp³-hybridized carbons (Fsp3) is 0.500. The normalized spacial score (nSPS) is 15.7. The molecular weight excluding hydrogens is 330 g/mol. The molecular formula is C20H27N3O3. The molecule has 0 spiro atoms. The van der Waals surface area contributed by atoms with Crippen LogP contribution in [0.1, 0.15) is 19.0 Å². The van der Waals surface area contributed by atoms with Crippen LogP contribution in [0, 0.1) is 6.92 Å². The maximum absolute atomic E-state index is 11.8. The number of carbonyl (C=O) groups is 1. The van der Waals surface area contributed by atoms with Crippen molar-refractivity contribution in [1.82, 2.24) is 9.88 Å². The van der Waals surface area contributed by atoms with Crippen molar-refractivity contribution in [2.24, 2.45) is 0 Å². The summed E-state index contributed by atoms with van der Waals surface area (Å²) in [5, 5.41) is 1.11. The molecule has 140 valence electrons. The Morgan fingerprint density at radius 2 is 2.08 bits per heavy atom. The first kappa shape index (κ1) is 18.5. The van der Waals surface area contributed by atoms with E-state index in [4.69, 9.17) is 9.47 Å². The van der Waals surface area contributed by atoms with Crippen LogP contribution in [-0.2, 0) is 9.53 Å². The molecule has 3 rings (SSSR count). The molecule has 2 aromatic rings. The first-order valence-corrected chi connectivity index (χ1v) is 9.19. The molecule has 0 atom stereocenters. The average molecular weight is 357 g/mol. The van der Waals surface area contributed by atoms with E-state index in [0.717, 1.165) is 54.9 Å². The van der Waals surface area contributed by atoms with Crippen LogP contribution in [0.2, 0.25) is 0 Å². The van der Waals surface area contributed by atoms with Crippen LogP contribution in [-0.4, -0.2) is 62.3 Å². The number of benzene rings is 1. The second-order valence-electron chi connectivity index (χ2n) is 6.56. The third-order valence-corrected chi connectivity index (χ3v) is 4.72. The summed E-state index contributed by atoms with van der Waals surface area (Å²) in [5.74, 6) is 0.655. The van der Waals surface area contributed by atoms with Gasteiger partial charge < -0.3 is 14.4 Å². The average Bonchev–Trinajstić information content (AvgIpc) is 2.86. The van der Waals surface area contributed by atoms with Gasteiger partial charge in [-0.15, -0.1) is 0 Å². The van der Waals surface area contributed by atoms with Gasteiger partial charge in [0.05, 0.1) is 20.3 Å². The lowest BCUT2D eigenvalue weighted by Crippen LogP contribution is -2.35. The van der Waals surface area contributed by atoms with Gasteiger partial charge in [0.1, 0.15) is 11.3 Å². The maximum atomic E-state index is 11.8. The SMILES string of the molecule is CCOC(=O)CN1CCCN(c2cc(C)nc3c(OC)cccc23)CC1. The Labute approximate surface area is 154 Å². The van der Waals surface area contributed by atoms with Crippen molar-refractivity contribution in [1.29, 1.82) is 0 Å². The molecule has 2 heterocycles. The Bertz CT molecular complexity index is 778. The van der Waals surface area contributed by atoms with E-state index in [1.165, 1.54) is 5.69 Å². The summed E-state index contributed by atoms with van der Waals surface area (Å²) in [4.78, 5) is 21.0. The molecule has 1 saturated heterocycles. The first-order valence-electron chi connectivity index (χ1n) is 9.19. The Hall–Kier alpha value is -2.34. The fourth-order valence-electron chi connectivity index (χ4n) is 3.51. The number of aromatic nitrogens is 1. The number of ether oxygens (including phenoxy) is 2. The predicted molar refractivity (Wildman–Crippen MR) is 103 cm³/mol. The zero-order valence-corrected chi connectivity index (χ0v) is 15.8. The third-order valence-electron chi connectivity index (χ3n) is 4.72. The number of rotatable bonds is 5. The molecule has 0 radical (unpaired) electrons. The number of aryl methyl sites for hydroxylation is 1. The van der Waals surface area contributed by atoms with Crippen molar-refractivity contribution in [3.05, 3.63) is 30.0 Å². The highest BCUT2D eigenvalue weighted by Gasteiger charge is 2.20. The van der Waals surface area contributed by atoms with Gasteiger partial charge >= 0.3 is 5.97 Å². The molecule has 0 saturated carbocycles. The monoisotopic (exact) mass is 357 g/mol. The number of pyridine rings is 1. The Morgan fingerprint density at radius 3 is 2.85 bits per heavy atom. The highest BCUT2D eigenvalue weighted by atomic mass is 16.5. The first-order chi connectivity index (χ1) is 12.6. The number of anilines is 1. The molecule has 6 heteroatoms. The lowest BCUT2D eigenvalue weighted by molar-refractivity contribution is -0.144. The highest BCUT2D eigenvalue weighted by Crippen LogP contribution is 2.32. The quantitative estimate of drug-likeness (QED) is 0.767. The minimum absolute atomic E-state index is 0.143. The number of fused-ring (bicyclic) bond motifs is 1. The van der Waals surface area contributed by atoms with Gasteiger partial charge in [-0.25, -0.2) is 4.98 Å². The number of para-hydroxylation sites is 1. The van der Waals surface area contributed by atoms with Crippen LogP contribution in [0.4, 0.5) is 5.69 Å². The van der Waals surface area contributed by atoms with Crippen molar-refractivity contribution in [2.45, 2.75) is 20.3 Å². The second-order valence-corrected chi connectivity index (χ2v) is 6.56. The lowest BCUT2D eigenvalue weighted by Gasteiger charge is -2.25. The van der Waals surface area contributed by atoms with Gasteiger partial charge in [-0.2, -0.15) is 0 Å². The van der Waals surface area contributed by atoms with Crippen LogP contribution in [0.25, 0.3) is 10.9 Å². The topological polar surface area (TPSA) is 54.9 Å². The van der Waals surface area contributed by atoms with E-state index in [9.17, 15) is 4.79 Å². The Kier molecular flexibility index (Phi) is 5.93. The van der Waals surface area contributed by atoms with Gasteiger partial charge in [-0.3, -0.25) is 9.69 Å². The summed E-state index contributed by atoms with van der Waals surface area (Å²) < 4.78 is 10.6. The highest BCUT2D eigenvalue weighted by molar-refractivity contribution is 5.95. The number of nitrogens with zero attached hydrogens (tertiary/aromatic N) is 3. The van der Waals surface area contributed by atoms with Crippen molar-refractivity contribution < 1.29 is 14.3 Å². The van der Waals surface area contributed by atoms with E-state index in [1.54, 1.807) is 7.11 Å². The van der Waals surface area contributed by atoms with E-state index in [1.807, 2.05) is 26.0 Å². The van der Waals surface area contributed by atoms with Crippen molar-refractivity contribution >= 4 is 22.6 Å². The fourth-order valence-corrected chi connectivity index (χ4v) is 3.51. The van der Waals surface area contributed by atoms with E-state index in [0.29, 0.717) is 13.2 Å². The standard InChI is InChI=1S/C20H27N3O3/c1-4-26-19(24)14-22-9-6-10-23(12-11-22)17-13-15(2)21-20-16(17)7-5-8-18(20)25-3/h5,7-8,13H,4,6,9-12,14H2,1-3H3. The minimum atomic E-state index is -0.143. The van der Waals surface area contributed by atoms with E-state index in [2.05, 4.69) is 26.9 Å². The van der Waals surface area contributed by atoms with Crippen LogP contribution in [0.5, 0.6) is 5.75 Å². The van der Waals surface area contributed by atoms with E-state index >= 15 is 0 Å². The molecule has 0 N–H and O–H groups in total. The summed E-state index contributed by atoms with van der Waals surface area (Å²) >= 11 is 0. The molecule has 1 aliphatic rings. The van der Waals surface area contributed by atoms with Crippen LogP contribution >= 0.6 is 0 Å². The van der Waals surface area contributed by atoms with Gasteiger partial charge in [0.15, 0.2) is 0 Å². The molecule has 1 aliphatic heterocycles. The molecule has 0 aliphatic carbocycles. The van der Waals surface area contributed by atoms with Crippen molar-refractivity contribution in [3.63, 3.8) is 0 Å². The summed E-state index contributed by atoms with van der Waals surface area (Å²) in [7, 11) is 1.68. The van der Waals surface area contributed by atoms with E-state index in [-0.39, 0.29) is 5.97 Å². The second kappa shape index (κ2) is 8.36. The van der Waals surface area contributed by atoms with Gasteiger partial charge in [0, 0.05) is 42.9 Å². The summed E-state index contributed by atoms with van der Waals surface area (Å²) in [5.41, 5.74) is 3.06. The Balaban J connectivity index is 1.82. The Morgan fingerprint density at radius 1 is 1.23 bits per heavy atom. The molecule has 1 aromatic carbocycles. The lowest BCUT2D eigenvalue weighted by atomic mass is 10.1. The van der Waals surface area contributed by atoms with Gasteiger partial charge in [0.25, 0.3) is 0 Å². The molecule has 6 nitrogen and oxygen atoms in total. The zero-order valence-electron chi connectivity index (χ0n) is 15.8. The molecule has 0 bridgehead atoms. The summed E-state index contributed by atoms with van der Waals surface area (Å²) in [6.07, 6.45) is 1.01. The number of hydrogen-bond donors (Lipinski definition) is 0. The molecule has 1 aromatic heterocycles. The van der Waals surface area contributed by atoms with E-state index < -0.39 is 0 Å². The summed E-state index contributed by atoms with van der Waals surface area (Å²) in [6, 6.07) is 8.19. The summed E-state index contributed by atoms with van der Waals surface area (Å²) in [6.45, 7) is 8.22. The minimum Gasteiger partial charge on any atom is -0.494 e.